The summed E-state index contributed by atoms with van der Waals surface area (Å²) in [6.45, 7) is 6.82. The van der Waals surface area contributed by atoms with Gasteiger partial charge in [0.1, 0.15) is 11.5 Å². The Bertz CT molecular complexity index is 770. The largest absolute Gasteiger partial charge is 0.465 e. The fraction of sp³-hybridized carbons (Fsp3) is 0.522. The lowest BCUT2D eigenvalue weighted by Crippen LogP contribution is -2.54. The SMILES string of the molecule is Cc1ccc(CN2CCC[C@@]3(CCC(=O)N(CCc4ccccc4)C3)C2)o1. The van der Waals surface area contributed by atoms with Crippen molar-refractivity contribution in [2.75, 3.05) is 26.2 Å². The Hall–Kier alpha value is -2.07. The van der Waals surface area contributed by atoms with Gasteiger partial charge in [0, 0.05) is 31.5 Å². The lowest BCUT2D eigenvalue weighted by atomic mass is 9.73. The van der Waals surface area contributed by atoms with Crippen LogP contribution in [-0.4, -0.2) is 41.9 Å². The van der Waals surface area contributed by atoms with Gasteiger partial charge in [-0.3, -0.25) is 9.69 Å². The third-order valence-corrected chi connectivity index (χ3v) is 6.18. The summed E-state index contributed by atoms with van der Waals surface area (Å²) in [4.78, 5) is 17.2. The maximum absolute atomic E-state index is 12.5. The van der Waals surface area contributed by atoms with Crippen molar-refractivity contribution < 1.29 is 9.21 Å². The molecular weight excluding hydrogens is 336 g/mol. The molecule has 4 nitrogen and oxygen atoms in total. The van der Waals surface area contributed by atoms with Crippen LogP contribution in [0, 0.1) is 12.3 Å². The monoisotopic (exact) mass is 366 g/mol. The second-order valence-corrected chi connectivity index (χ2v) is 8.38. The van der Waals surface area contributed by atoms with Gasteiger partial charge >= 0.3 is 0 Å². The van der Waals surface area contributed by atoms with Gasteiger partial charge < -0.3 is 9.32 Å². The van der Waals surface area contributed by atoms with Crippen LogP contribution in [0.2, 0.25) is 0 Å². The van der Waals surface area contributed by atoms with Crippen LogP contribution in [0.25, 0.3) is 0 Å². The molecule has 0 N–H and O–H groups in total. The fourth-order valence-corrected chi connectivity index (χ4v) is 4.78. The van der Waals surface area contributed by atoms with Crippen LogP contribution in [0.4, 0.5) is 0 Å². The van der Waals surface area contributed by atoms with Gasteiger partial charge in [0.25, 0.3) is 0 Å². The second kappa shape index (κ2) is 7.89. The van der Waals surface area contributed by atoms with Gasteiger partial charge in [-0.05, 0) is 56.8 Å². The van der Waals surface area contributed by atoms with E-state index in [2.05, 4.69) is 40.1 Å². The summed E-state index contributed by atoms with van der Waals surface area (Å²) >= 11 is 0. The highest BCUT2D eigenvalue weighted by atomic mass is 16.3. The number of rotatable bonds is 5. The first-order valence-corrected chi connectivity index (χ1v) is 10.2. The molecule has 2 fully saturated rings. The molecule has 1 spiro atoms. The smallest absolute Gasteiger partial charge is 0.222 e. The molecule has 4 rings (SSSR count). The molecule has 2 aromatic rings. The van der Waals surface area contributed by atoms with Crippen LogP contribution in [0.1, 0.15) is 42.8 Å². The number of benzene rings is 1. The summed E-state index contributed by atoms with van der Waals surface area (Å²) in [5, 5.41) is 0. The Morgan fingerprint density at radius 2 is 1.93 bits per heavy atom. The minimum absolute atomic E-state index is 0.254. The van der Waals surface area contributed by atoms with Gasteiger partial charge in [-0.2, -0.15) is 0 Å². The van der Waals surface area contributed by atoms with E-state index in [9.17, 15) is 4.79 Å². The Balaban J connectivity index is 1.38. The normalized spacial score (nSPS) is 23.9. The summed E-state index contributed by atoms with van der Waals surface area (Å²) in [5.41, 5.74) is 1.56. The van der Waals surface area contributed by atoms with Crippen molar-refractivity contribution in [1.29, 1.82) is 0 Å². The molecule has 1 atom stereocenters. The number of nitrogens with zero attached hydrogens (tertiary/aromatic N) is 2. The molecule has 3 heterocycles. The average molecular weight is 367 g/mol. The van der Waals surface area contributed by atoms with E-state index >= 15 is 0 Å². The third kappa shape index (κ3) is 4.44. The third-order valence-electron chi connectivity index (χ3n) is 6.18. The molecule has 1 amide bonds. The minimum Gasteiger partial charge on any atom is -0.465 e. The fourth-order valence-electron chi connectivity index (χ4n) is 4.78. The summed E-state index contributed by atoms with van der Waals surface area (Å²) < 4.78 is 5.78. The molecule has 2 saturated heterocycles. The highest BCUT2D eigenvalue weighted by Crippen LogP contribution is 2.39. The quantitative estimate of drug-likeness (QED) is 0.801. The Labute approximate surface area is 162 Å². The number of piperidine rings is 2. The lowest BCUT2D eigenvalue weighted by Gasteiger charge is -2.48. The van der Waals surface area contributed by atoms with Gasteiger partial charge in [-0.1, -0.05) is 30.3 Å². The topological polar surface area (TPSA) is 36.7 Å². The Morgan fingerprint density at radius 3 is 2.70 bits per heavy atom. The minimum atomic E-state index is 0.254. The van der Waals surface area contributed by atoms with Crippen LogP contribution in [0.15, 0.2) is 46.9 Å². The zero-order valence-electron chi connectivity index (χ0n) is 16.3. The van der Waals surface area contributed by atoms with Crippen LogP contribution in [0.3, 0.4) is 0 Å². The molecule has 2 aliphatic heterocycles. The number of furan rings is 1. The van der Waals surface area contributed by atoms with Crippen molar-refractivity contribution in [2.45, 2.75) is 45.6 Å². The van der Waals surface area contributed by atoms with E-state index in [1.807, 2.05) is 19.1 Å². The summed E-state index contributed by atoms with van der Waals surface area (Å²) in [5.74, 6) is 2.36. The molecule has 4 heteroatoms. The number of carbonyl (C=O) groups excluding carboxylic acids is 1. The zero-order valence-corrected chi connectivity index (χ0v) is 16.3. The first-order valence-electron chi connectivity index (χ1n) is 10.2. The van der Waals surface area contributed by atoms with Gasteiger partial charge in [0.2, 0.25) is 5.91 Å². The molecule has 0 aliphatic carbocycles. The standard InChI is InChI=1S/C23H30N2O2/c1-19-8-9-21(27-19)16-24-14-5-12-23(17-24)13-10-22(26)25(18-23)15-11-20-6-3-2-4-7-20/h2-4,6-9H,5,10-18H2,1H3/t23-/m1/s1. The number of aryl methyl sites for hydroxylation is 1. The van der Waals surface area contributed by atoms with Crippen LogP contribution in [-0.2, 0) is 17.8 Å². The number of likely N-dealkylation sites (tertiary alicyclic amines) is 2. The van der Waals surface area contributed by atoms with E-state index in [1.165, 1.54) is 18.4 Å². The van der Waals surface area contributed by atoms with Crippen LogP contribution < -0.4 is 0 Å². The van der Waals surface area contributed by atoms with Crippen molar-refractivity contribution in [2.24, 2.45) is 5.41 Å². The van der Waals surface area contributed by atoms with E-state index in [-0.39, 0.29) is 5.41 Å². The maximum Gasteiger partial charge on any atom is 0.222 e. The van der Waals surface area contributed by atoms with Crippen LogP contribution >= 0.6 is 0 Å². The molecule has 1 aromatic carbocycles. The van der Waals surface area contributed by atoms with E-state index in [0.717, 1.165) is 57.1 Å². The second-order valence-electron chi connectivity index (χ2n) is 8.38. The predicted molar refractivity (Wildman–Crippen MR) is 106 cm³/mol. The Morgan fingerprint density at radius 1 is 1.07 bits per heavy atom. The highest BCUT2D eigenvalue weighted by molar-refractivity contribution is 5.77. The summed E-state index contributed by atoms with van der Waals surface area (Å²) in [6, 6.07) is 14.6. The van der Waals surface area contributed by atoms with Gasteiger partial charge in [-0.25, -0.2) is 0 Å². The maximum atomic E-state index is 12.5. The zero-order chi connectivity index (χ0) is 18.7. The van der Waals surface area contributed by atoms with Crippen molar-refractivity contribution in [3.05, 3.63) is 59.5 Å². The van der Waals surface area contributed by atoms with E-state index in [1.54, 1.807) is 0 Å². The number of hydrogen-bond donors (Lipinski definition) is 0. The van der Waals surface area contributed by atoms with Crippen molar-refractivity contribution >= 4 is 5.91 Å². The molecular formula is C23H30N2O2. The molecule has 27 heavy (non-hydrogen) atoms. The number of carbonyl (C=O) groups is 1. The average Bonchev–Trinajstić information content (AvgIpc) is 3.08. The number of hydrogen-bond acceptors (Lipinski definition) is 3. The lowest BCUT2D eigenvalue weighted by molar-refractivity contribution is -0.139. The van der Waals surface area contributed by atoms with Gasteiger partial charge in [-0.15, -0.1) is 0 Å². The van der Waals surface area contributed by atoms with Crippen molar-refractivity contribution in [3.8, 4) is 0 Å². The Kier molecular flexibility index (Phi) is 5.35. The molecule has 144 valence electrons. The summed E-state index contributed by atoms with van der Waals surface area (Å²) in [6.07, 6.45) is 5.11. The molecule has 0 radical (unpaired) electrons. The first kappa shape index (κ1) is 18.3. The molecule has 0 unspecified atom stereocenters. The van der Waals surface area contributed by atoms with E-state index < -0.39 is 0 Å². The van der Waals surface area contributed by atoms with E-state index in [0.29, 0.717) is 12.3 Å². The predicted octanol–water partition coefficient (Wildman–Crippen LogP) is 4.04. The van der Waals surface area contributed by atoms with E-state index in [4.69, 9.17) is 4.42 Å². The first-order chi connectivity index (χ1) is 13.1. The molecule has 0 saturated carbocycles. The number of amides is 1. The van der Waals surface area contributed by atoms with Crippen LogP contribution in [0.5, 0.6) is 0 Å². The molecule has 1 aromatic heterocycles. The summed E-state index contributed by atoms with van der Waals surface area (Å²) in [7, 11) is 0. The highest BCUT2D eigenvalue weighted by Gasteiger charge is 2.41. The van der Waals surface area contributed by atoms with Crippen molar-refractivity contribution in [3.63, 3.8) is 0 Å². The van der Waals surface area contributed by atoms with Gasteiger partial charge in [0.05, 0.1) is 6.54 Å². The molecule has 0 bridgehead atoms. The van der Waals surface area contributed by atoms with Gasteiger partial charge in [0.15, 0.2) is 0 Å². The molecule has 2 aliphatic rings. The van der Waals surface area contributed by atoms with Crippen molar-refractivity contribution in [1.82, 2.24) is 9.80 Å².